The summed E-state index contributed by atoms with van der Waals surface area (Å²) in [4.78, 5) is -0.334. The third-order valence-electron chi connectivity index (χ3n) is 8.70. The zero-order valence-electron chi connectivity index (χ0n) is 24.9. The molecule has 5 rings (SSSR count). The van der Waals surface area contributed by atoms with E-state index in [-0.39, 0.29) is 34.1 Å². The molecular weight excluding hydrogens is 643 g/mol. The Morgan fingerprint density at radius 1 is 0.622 bits per heavy atom. The standard InChI is InChI=1S/C31H33NO10S3/c1-23-4-10-26(11-5-23)43(33,34)40-20-29-16-17-30(31(29,18-32)39-19-29,21-41-44(35,36)27-12-6-24(2)7-13-27)22-42-45(37,38)28-14-8-25(3)9-15-28/h4-15H,16-17,19-22H2,1-3H3/t29-,31+/m0/s1. The highest BCUT2D eigenvalue weighted by atomic mass is 32.2. The number of ether oxygens (including phenoxy) is 1. The van der Waals surface area contributed by atoms with Gasteiger partial charge in [0.15, 0.2) is 5.60 Å². The van der Waals surface area contributed by atoms with Crippen LogP contribution in [0, 0.1) is 42.9 Å². The van der Waals surface area contributed by atoms with Gasteiger partial charge in [0.1, 0.15) is 0 Å². The fraction of sp³-hybridized carbons (Fsp3) is 0.387. The smallest absolute Gasteiger partial charge is 0.296 e. The normalized spacial score (nSPS) is 22.7. The molecule has 0 N–H and O–H groups in total. The van der Waals surface area contributed by atoms with Gasteiger partial charge in [0.2, 0.25) is 0 Å². The van der Waals surface area contributed by atoms with E-state index in [1.165, 1.54) is 36.4 Å². The lowest BCUT2D eigenvalue weighted by molar-refractivity contribution is -0.273. The Morgan fingerprint density at radius 3 is 1.29 bits per heavy atom. The van der Waals surface area contributed by atoms with E-state index in [2.05, 4.69) is 6.07 Å². The molecule has 3 aromatic carbocycles. The number of aryl methyl sites for hydroxylation is 3. The fourth-order valence-corrected chi connectivity index (χ4v) is 8.76. The molecule has 0 bridgehead atoms. The van der Waals surface area contributed by atoms with Crippen molar-refractivity contribution < 1.29 is 42.5 Å². The Hall–Kier alpha value is -3.16. The first-order chi connectivity index (χ1) is 21.1. The van der Waals surface area contributed by atoms with Crippen LogP contribution in [0.25, 0.3) is 0 Å². The van der Waals surface area contributed by atoms with Crippen molar-refractivity contribution in [1.29, 1.82) is 5.26 Å². The first kappa shape index (κ1) is 33.2. The number of nitrogens with zero attached hydrogens (tertiary/aromatic N) is 1. The average Bonchev–Trinajstić information content (AvgIpc) is 3.17. The Labute approximate surface area is 264 Å². The van der Waals surface area contributed by atoms with Crippen LogP contribution in [0.3, 0.4) is 0 Å². The van der Waals surface area contributed by atoms with Crippen LogP contribution in [-0.2, 0) is 47.6 Å². The van der Waals surface area contributed by atoms with Crippen LogP contribution in [0.1, 0.15) is 29.5 Å². The third kappa shape index (κ3) is 6.06. The molecule has 1 heterocycles. The highest BCUT2D eigenvalue weighted by molar-refractivity contribution is 7.87. The summed E-state index contributed by atoms with van der Waals surface area (Å²) in [5.41, 5.74) is -2.26. The molecule has 2 atom stereocenters. The predicted molar refractivity (Wildman–Crippen MR) is 161 cm³/mol. The summed E-state index contributed by atoms with van der Waals surface area (Å²) in [6.45, 7) is 3.50. The molecule has 0 radical (unpaired) electrons. The molecule has 3 aromatic rings. The van der Waals surface area contributed by atoms with Gasteiger partial charge in [0.25, 0.3) is 30.4 Å². The van der Waals surface area contributed by atoms with Crippen LogP contribution in [0.5, 0.6) is 0 Å². The number of hydrogen-bond donors (Lipinski definition) is 0. The third-order valence-corrected chi connectivity index (χ3v) is 12.5. The van der Waals surface area contributed by atoms with Gasteiger partial charge in [-0.1, -0.05) is 53.1 Å². The zero-order chi connectivity index (χ0) is 32.7. The van der Waals surface area contributed by atoms with E-state index in [9.17, 15) is 30.5 Å². The molecule has 45 heavy (non-hydrogen) atoms. The van der Waals surface area contributed by atoms with Crippen LogP contribution >= 0.6 is 0 Å². The van der Waals surface area contributed by atoms with Crippen molar-refractivity contribution in [1.82, 2.24) is 0 Å². The van der Waals surface area contributed by atoms with Gasteiger partial charge in [-0.15, -0.1) is 0 Å². The number of nitriles is 1. The number of fused-ring (bicyclic) bond motifs is 1. The van der Waals surface area contributed by atoms with E-state index in [1.807, 2.05) is 6.92 Å². The van der Waals surface area contributed by atoms with Crippen LogP contribution < -0.4 is 0 Å². The minimum atomic E-state index is -4.36. The van der Waals surface area contributed by atoms with Gasteiger partial charge in [0.05, 0.1) is 58.0 Å². The lowest BCUT2D eigenvalue weighted by Crippen LogP contribution is -2.69. The van der Waals surface area contributed by atoms with Gasteiger partial charge < -0.3 is 4.74 Å². The van der Waals surface area contributed by atoms with Crippen molar-refractivity contribution in [3.63, 3.8) is 0 Å². The molecule has 0 aromatic heterocycles. The molecule has 1 saturated carbocycles. The lowest BCUT2D eigenvalue weighted by atomic mass is 9.62. The van der Waals surface area contributed by atoms with E-state index in [0.717, 1.165) is 16.7 Å². The van der Waals surface area contributed by atoms with Crippen molar-refractivity contribution >= 4 is 30.4 Å². The fourth-order valence-electron chi connectivity index (χ4n) is 5.80. The number of hydrogen-bond acceptors (Lipinski definition) is 11. The van der Waals surface area contributed by atoms with Gasteiger partial charge in [0, 0.05) is 0 Å². The van der Waals surface area contributed by atoms with E-state index in [0.29, 0.717) is 0 Å². The Morgan fingerprint density at radius 2 is 0.978 bits per heavy atom. The maximum atomic E-state index is 13.2. The van der Waals surface area contributed by atoms with Crippen molar-refractivity contribution in [2.75, 3.05) is 26.4 Å². The summed E-state index contributed by atoms with van der Waals surface area (Å²) in [6, 6.07) is 20.1. The predicted octanol–water partition coefficient (Wildman–Crippen LogP) is 4.19. The quantitative estimate of drug-likeness (QED) is 0.253. The summed E-state index contributed by atoms with van der Waals surface area (Å²) in [5.74, 6) is 0. The molecule has 1 aliphatic carbocycles. The molecule has 2 aliphatic rings. The molecular formula is C31H33NO10S3. The van der Waals surface area contributed by atoms with Gasteiger partial charge in [-0.05, 0) is 70.0 Å². The second kappa shape index (κ2) is 11.9. The monoisotopic (exact) mass is 675 g/mol. The minimum absolute atomic E-state index is 0.0152. The summed E-state index contributed by atoms with van der Waals surface area (Å²) >= 11 is 0. The average molecular weight is 676 g/mol. The lowest BCUT2D eigenvalue weighted by Gasteiger charge is -2.56. The summed E-state index contributed by atoms with van der Waals surface area (Å²) in [6.07, 6.45) is 0.160. The molecule has 0 unspecified atom stereocenters. The van der Waals surface area contributed by atoms with Crippen molar-refractivity contribution in [2.45, 2.75) is 53.9 Å². The number of benzene rings is 3. The topological polar surface area (TPSA) is 163 Å². The van der Waals surface area contributed by atoms with Gasteiger partial charge >= 0.3 is 0 Å². The first-order valence-corrected chi connectivity index (χ1v) is 18.3. The highest BCUT2D eigenvalue weighted by Crippen LogP contribution is 2.65. The van der Waals surface area contributed by atoms with Crippen LogP contribution in [-0.4, -0.2) is 57.3 Å². The van der Waals surface area contributed by atoms with Crippen molar-refractivity contribution in [3.8, 4) is 6.07 Å². The van der Waals surface area contributed by atoms with Gasteiger partial charge in [-0.2, -0.15) is 30.5 Å². The molecule has 14 heteroatoms. The Kier molecular flexibility index (Phi) is 8.77. The van der Waals surface area contributed by atoms with Gasteiger partial charge in [-0.3, -0.25) is 12.5 Å². The Balaban J connectivity index is 1.47. The summed E-state index contributed by atoms with van der Waals surface area (Å²) in [7, 11) is -12.9. The molecule has 1 saturated heterocycles. The van der Waals surface area contributed by atoms with E-state index < -0.39 is 66.6 Å². The Bertz CT molecular complexity index is 1860. The number of rotatable bonds is 12. The zero-order valence-corrected chi connectivity index (χ0v) is 27.4. The largest absolute Gasteiger partial charge is 0.358 e. The maximum absolute atomic E-state index is 13.2. The molecule has 240 valence electrons. The SMILES string of the molecule is Cc1ccc(S(=O)(=O)OCC2(COS(=O)(=O)c3ccc(C)cc3)CC[C@@]3(COS(=O)(=O)c4ccc(C)cc4)CO[C@@]23C#N)cc1. The molecule has 11 nitrogen and oxygen atoms in total. The van der Waals surface area contributed by atoms with Crippen molar-refractivity contribution in [3.05, 3.63) is 89.5 Å². The minimum Gasteiger partial charge on any atom is -0.358 e. The molecule has 0 spiro atoms. The second-order valence-corrected chi connectivity index (χ2v) is 16.6. The first-order valence-electron chi connectivity index (χ1n) is 14.0. The molecule has 0 amide bonds. The second-order valence-electron chi connectivity index (χ2n) is 11.7. The summed E-state index contributed by atoms with van der Waals surface area (Å²) in [5, 5.41) is 10.6. The van der Waals surface area contributed by atoms with E-state index in [1.54, 1.807) is 50.2 Å². The van der Waals surface area contributed by atoms with E-state index in [4.69, 9.17) is 17.3 Å². The highest BCUT2D eigenvalue weighted by Gasteiger charge is 2.76. The molecule has 2 fully saturated rings. The van der Waals surface area contributed by atoms with Crippen LogP contribution in [0.4, 0.5) is 0 Å². The summed E-state index contributed by atoms with van der Waals surface area (Å²) < 4.78 is 101. The van der Waals surface area contributed by atoms with Crippen LogP contribution in [0.15, 0.2) is 87.5 Å². The molecule has 1 aliphatic heterocycles. The van der Waals surface area contributed by atoms with Crippen LogP contribution in [0.2, 0.25) is 0 Å². The van der Waals surface area contributed by atoms with E-state index >= 15 is 0 Å². The maximum Gasteiger partial charge on any atom is 0.296 e. The van der Waals surface area contributed by atoms with Crippen molar-refractivity contribution in [2.24, 2.45) is 10.8 Å². The van der Waals surface area contributed by atoms with Gasteiger partial charge in [-0.25, -0.2) is 0 Å².